The first kappa shape index (κ1) is 20.7. The molecule has 5 heteroatoms. The summed E-state index contributed by atoms with van der Waals surface area (Å²) in [7, 11) is 4.74. The van der Waals surface area contributed by atoms with E-state index in [-0.39, 0.29) is 33.6 Å². The van der Waals surface area contributed by atoms with Crippen LogP contribution in [0.2, 0.25) is 0 Å². The third-order valence-corrected chi connectivity index (χ3v) is 1.84. The number of nitrogens with zero attached hydrogens (tertiary/aromatic N) is 1. The maximum absolute atomic E-state index is 11.1. The number of rotatable bonds is 7. The Morgan fingerprint density at radius 2 is 1.75 bits per heavy atom. The van der Waals surface area contributed by atoms with Crippen molar-refractivity contribution in [2.24, 2.45) is 0 Å². The van der Waals surface area contributed by atoms with Gasteiger partial charge in [0.15, 0.2) is 0 Å². The van der Waals surface area contributed by atoms with E-state index in [0.29, 0.717) is 13.2 Å². The highest BCUT2D eigenvalue weighted by Crippen LogP contribution is 1.98. The number of hydrogen-bond donors (Lipinski definition) is 0. The zero-order valence-corrected chi connectivity index (χ0v) is 9.28. The van der Waals surface area contributed by atoms with Crippen LogP contribution >= 0.6 is 0 Å². The summed E-state index contributed by atoms with van der Waals surface area (Å²) in [6.45, 7) is 2.72. The van der Waals surface area contributed by atoms with Gasteiger partial charge in [-0.15, -0.1) is 0 Å². The molecule has 1 atom stereocenters. The van der Waals surface area contributed by atoms with Gasteiger partial charge in [-0.3, -0.25) is 4.79 Å². The average Bonchev–Trinajstić information content (AvgIpc) is 2.15. The SMILES string of the molecule is C.C.COCC(CN(COC)C(C)=O)OC. The summed E-state index contributed by atoms with van der Waals surface area (Å²) < 4.78 is 15.0. The van der Waals surface area contributed by atoms with Crippen molar-refractivity contribution < 1.29 is 19.0 Å². The van der Waals surface area contributed by atoms with E-state index in [9.17, 15) is 4.79 Å². The fourth-order valence-electron chi connectivity index (χ4n) is 1.05. The third kappa shape index (κ3) is 8.64. The first-order valence-electron chi connectivity index (χ1n) is 4.41. The van der Waals surface area contributed by atoms with E-state index in [1.54, 1.807) is 26.2 Å². The van der Waals surface area contributed by atoms with E-state index in [4.69, 9.17) is 14.2 Å². The Hall–Kier alpha value is -0.650. The minimum atomic E-state index is -0.112. The van der Waals surface area contributed by atoms with Gasteiger partial charge < -0.3 is 19.1 Å². The molecule has 0 saturated heterocycles. The molecule has 1 amide bonds. The van der Waals surface area contributed by atoms with Crippen molar-refractivity contribution in [1.29, 1.82) is 0 Å². The summed E-state index contributed by atoms with van der Waals surface area (Å²) in [6.07, 6.45) is -0.112. The molecule has 0 aliphatic carbocycles. The molecule has 0 aromatic heterocycles. The number of carbonyl (C=O) groups excluding carboxylic acids is 1. The van der Waals surface area contributed by atoms with Crippen LogP contribution in [0.3, 0.4) is 0 Å². The molecular weight excluding hydrogens is 210 g/mol. The molecule has 16 heavy (non-hydrogen) atoms. The lowest BCUT2D eigenvalue weighted by atomic mass is 10.3. The summed E-state index contributed by atoms with van der Waals surface area (Å²) in [5.41, 5.74) is 0. The summed E-state index contributed by atoms with van der Waals surface area (Å²) in [4.78, 5) is 12.7. The van der Waals surface area contributed by atoms with E-state index in [1.165, 1.54) is 6.92 Å². The van der Waals surface area contributed by atoms with Gasteiger partial charge in [0, 0.05) is 28.3 Å². The average molecular weight is 237 g/mol. The lowest BCUT2D eigenvalue weighted by Crippen LogP contribution is -2.39. The van der Waals surface area contributed by atoms with E-state index >= 15 is 0 Å². The van der Waals surface area contributed by atoms with Crippen molar-refractivity contribution in [1.82, 2.24) is 4.90 Å². The smallest absolute Gasteiger partial charge is 0.221 e. The lowest BCUT2D eigenvalue weighted by molar-refractivity contribution is -0.136. The van der Waals surface area contributed by atoms with Crippen molar-refractivity contribution in [3.63, 3.8) is 0 Å². The van der Waals surface area contributed by atoms with Crippen LogP contribution in [0.25, 0.3) is 0 Å². The van der Waals surface area contributed by atoms with Crippen molar-refractivity contribution in [2.75, 3.05) is 41.2 Å². The fourth-order valence-corrected chi connectivity index (χ4v) is 1.05. The van der Waals surface area contributed by atoms with Gasteiger partial charge in [0.05, 0.1) is 19.3 Å². The Labute approximate surface area is 99.7 Å². The van der Waals surface area contributed by atoms with E-state index < -0.39 is 0 Å². The molecule has 1 unspecified atom stereocenters. The predicted molar refractivity (Wildman–Crippen MR) is 65.4 cm³/mol. The highest BCUT2D eigenvalue weighted by molar-refractivity contribution is 5.73. The van der Waals surface area contributed by atoms with Crippen LogP contribution in [-0.2, 0) is 19.0 Å². The highest BCUT2D eigenvalue weighted by atomic mass is 16.5. The molecule has 0 aromatic carbocycles. The van der Waals surface area contributed by atoms with Gasteiger partial charge >= 0.3 is 0 Å². The van der Waals surface area contributed by atoms with Crippen LogP contribution in [0.15, 0.2) is 0 Å². The van der Waals surface area contributed by atoms with E-state index in [0.717, 1.165) is 0 Å². The van der Waals surface area contributed by atoms with Gasteiger partial charge in [-0.2, -0.15) is 0 Å². The molecule has 0 rings (SSSR count). The predicted octanol–water partition coefficient (Wildman–Crippen LogP) is 1.37. The number of amides is 1. The van der Waals surface area contributed by atoms with Crippen LogP contribution in [0.1, 0.15) is 21.8 Å². The number of hydrogen-bond acceptors (Lipinski definition) is 4. The first-order valence-corrected chi connectivity index (χ1v) is 4.41. The molecule has 0 spiro atoms. The molecule has 0 heterocycles. The second-order valence-electron chi connectivity index (χ2n) is 2.97. The summed E-state index contributed by atoms with van der Waals surface area (Å²) in [5.74, 6) is -0.0370. The molecule has 0 aliphatic heterocycles. The van der Waals surface area contributed by atoms with Crippen LogP contribution in [0, 0.1) is 0 Å². The minimum Gasteiger partial charge on any atom is -0.382 e. The summed E-state index contributed by atoms with van der Waals surface area (Å²) in [5, 5.41) is 0. The van der Waals surface area contributed by atoms with Gasteiger partial charge in [0.25, 0.3) is 0 Å². The Morgan fingerprint density at radius 3 is 2.06 bits per heavy atom. The standard InChI is InChI=1S/C9H19NO4.2CH4/c1-8(11)10(7-13-3)5-9(14-4)6-12-2;;/h9H,5-7H2,1-4H3;2*1H4. The van der Waals surface area contributed by atoms with Crippen LogP contribution in [0.4, 0.5) is 0 Å². The molecule has 0 bridgehead atoms. The largest absolute Gasteiger partial charge is 0.382 e. The second kappa shape index (κ2) is 12.4. The molecular formula is C11H27NO4. The Kier molecular flexibility index (Phi) is 16.1. The van der Waals surface area contributed by atoms with Gasteiger partial charge in [-0.25, -0.2) is 0 Å². The Balaban J connectivity index is -0.000000845. The molecule has 0 aliphatic rings. The maximum atomic E-state index is 11.1. The Morgan fingerprint density at radius 1 is 1.19 bits per heavy atom. The third-order valence-electron chi connectivity index (χ3n) is 1.84. The van der Waals surface area contributed by atoms with Crippen molar-refractivity contribution in [3.05, 3.63) is 0 Å². The Bertz CT molecular complexity index is 164. The van der Waals surface area contributed by atoms with Gasteiger partial charge in [0.1, 0.15) is 6.73 Å². The van der Waals surface area contributed by atoms with Gasteiger partial charge in [0.2, 0.25) is 5.91 Å². The first-order chi connectivity index (χ1) is 6.65. The van der Waals surface area contributed by atoms with Gasteiger partial charge in [-0.05, 0) is 0 Å². The number of ether oxygens (including phenoxy) is 3. The zero-order chi connectivity index (χ0) is 11.0. The summed E-state index contributed by atoms with van der Waals surface area (Å²) >= 11 is 0. The molecule has 0 N–H and O–H groups in total. The number of methoxy groups -OCH3 is 3. The molecule has 5 nitrogen and oxygen atoms in total. The van der Waals surface area contributed by atoms with Crippen LogP contribution in [-0.4, -0.2) is 58.1 Å². The van der Waals surface area contributed by atoms with Crippen molar-refractivity contribution in [3.8, 4) is 0 Å². The summed E-state index contributed by atoms with van der Waals surface area (Å²) in [6, 6.07) is 0. The molecule has 0 saturated carbocycles. The molecule has 0 fully saturated rings. The van der Waals surface area contributed by atoms with E-state index in [2.05, 4.69) is 0 Å². The van der Waals surface area contributed by atoms with E-state index in [1.807, 2.05) is 0 Å². The van der Waals surface area contributed by atoms with Crippen molar-refractivity contribution >= 4 is 5.91 Å². The monoisotopic (exact) mass is 237 g/mol. The molecule has 0 aromatic rings. The zero-order valence-electron chi connectivity index (χ0n) is 9.28. The highest BCUT2D eigenvalue weighted by Gasteiger charge is 2.15. The lowest BCUT2D eigenvalue weighted by Gasteiger charge is -2.24. The normalized spacial score (nSPS) is 11.0. The molecule has 0 radical (unpaired) electrons. The maximum Gasteiger partial charge on any atom is 0.221 e. The van der Waals surface area contributed by atoms with Gasteiger partial charge in [-0.1, -0.05) is 14.9 Å². The van der Waals surface area contributed by atoms with Crippen molar-refractivity contribution in [2.45, 2.75) is 27.9 Å². The fraction of sp³-hybridized carbons (Fsp3) is 0.909. The minimum absolute atomic E-state index is 0. The van der Waals surface area contributed by atoms with Crippen LogP contribution in [0.5, 0.6) is 0 Å². The topological polar surface area (TPSA) is 48.0 Å². The molecule has 100 valence electrons. The number of carbonyl (C=O) groups is 1. The second-order valence-corrected chi connectivity index (χ2v) is 2.97. The quantitative estimate of drug-likeness (QED) is 0.628. The van der Waals surface area contributed by atoms with Crippen LogP contribution < -0.4 is 0 Å².